The summed E-state index contributed by atoms with van der Waals surface area (Å²) < 4.78 is 10.5. The minimum Gasteiger partial charge on any atom is -0.493 e. The highest BCUT2D eigenvalue weighted by Gasteiger charge is 2.15. The van der Waals surface area contributed by atoms with Crippen LogP contribution < -0.4 is 14.8 Å². The third kappa shape index (κ3) is 5.13. The van der Waals surface area contributed by atoms with Crippen LogP contribution in [0.15, 0.2) is 23.1 Å². The summed E-state index contributed by atoms with van der Waals surface area (Å²) >= 11 is 1.52. The van der Waals surface area contributed by atoms with Gasteiger partial charge < -0.3 is 14.8 Å². The van der Waals surface area contributed by atoms with Crippen molar-refractivity contribution in [2.75, 3.05) is 20.0 Å². The van der Waals surface area contributed by atoms with Gasteiger partial charge in [-0.15, -0.1) is 11.8 Å². The molecule has 0 saturated heterocycles. The molecule has 0 aliphatic heterocycles. The standard InChI is InChI=1S/C17H25NO3S/c1-20-15-10-9-14(11-16(15)21-2)22-12-17(19)18-13-7-5-3-4-6-8-13/h9-11,13H,3-8,12H2,1-2H3,(H,18,19). The smallest absolute Gasteiger partial charge is 0.230 e. The average molecular weight is 323 g/mol. The maximum absolute atomic E-state index is 12.1. The topological polar surface area (TPSA) is 47.6 Å². The lowest BCUT2D eigenvalue weighted by Crippen LogP contribution is -2.35. The molecule has 0 heterocycles. The highest BCUT2D eigenvalue weighted by molar-refractivity contribution is 8.00. The zero-order valence-corrected chi connectivity index (χ0v) is 14.2. The van der Waals surface area contributed by atoms with Crippen LogP contribution in [0.5, 0.6) is 11.5 Å². The number of carbonyl (C=O) groups is 1. The predicted octanol–water partition coefficient (Wildman–Crippen LogP) is 3.63. The van der Waals surface area contributed by atoms with Crippen molar-refractivity contribution in [3.63, 3.8) is 0 Å². The van der Waals surface area contributed by atoms with Crippen LogP contribution in [0.3, 0.4) is 0 Å². The first-order valence-electron chi connectivity index (χ1n) is 7.87. The number of carbonyl (C=O) groups excluding carboxylic acids is 1. The molecule has 0 aromatic heterocycles. The van der Waals surface area contributed by atoms with Gasteiger partial charge in [-0.05, 0) is 31.0 Å². The monoisotopic (exact) mass is 323 g/mol. The van der Waals surface area contributed by atoms with Crippen molar-refractivity contribution in [2.24, 2.45) is 0 Å². The van der Waals surface area contributed by atoms with Gasteiger partial charge in [-0.1, -0.05) is 25.7 Å². The number of rotatable bonds is 6. The largest absolute Gasteiger partial charge is 0.493 e. The van der Waals surface area contributed by atoms with E-state index in [-0.39, 0.29) is 5.91 Å². The van der Waals surface area contributed by atoms with Crippen LogP contribution in [0.1, 0.15) is 38.5 Å². The van der Waals surface area contributed by atoms with Crippen LogP contribution in [0.4, 0.5) is 0 Å². The number of amides is 1. The molecule has 22 heavy (non-hydrogen) atoms. The molecular formula is C17H25NO3S. The van der Waals surface area contributed by atoms with E-state index in [4.69, 9.17) is 9.47 Å². The molecule has 1 N–H and O–H groups in total. The minimum atomic E-state index is 0.117. The Hall–Kier alpha value is -1.36. The fourth-order valence-electron chi connectivity index (χ4n) is 2.75. The molecule has 122 valence electrons. The first-order valence-corrected chi connectivity index (χ1v) is 8.85. The van der Waals surface area contributed by atoms with E-state index in [1.54, 1.807) is 14.2 Å². The number of methoxy groups -OCH3 is 2. The van der Waals surface area contributed by atoms with E-state index >= 15 is 0 Å². The maximum Gasteiger partial charge on any atom is 0.230 e. The average Bonchev–Trinajstić information content (AvgIpc) is 2.81. The van der Waals surface area contributed by atoms with Crippen LogP contribution in [0, 0.1) is 0 Å². The molecule has 2 rings (SSSR count). The van der Waals surface area contributed by atoms with E-state index in [0.717, 1.165) is 17.7 Å². The van der Waals surface area contributed by atoms with E-state index in [0.29, 0.717) is 23.3 Å². The van der Waals surface area contributed by atoms with Crippen molar-refractivity contribution in [1.82, 2.24) is 5.32 Å². The molecule has 1 saturated carbocycles. The SMILES string of the molecule is COc1ccc(SCC(=O)NC2CCCCCC2)cc1OC. The molecule has 0 radical (unpaired) electrons. The Kier molecular flexibility index (Phi) is 6.90. The number of hydrogen-bond acceptors (Lipinski definition) is 4. The van der Waals surface area contributed by atoms with Crippen LogP contribution >= 0.6 is 11.8 Å². The Morgan fingerprint density at radius 1 is 1.14 bits per heavy atom. The second kappa shape index (κ2) is 8.93. The predicted molar refractivity (Wildman–Crippen MR) is 89.9 cm³/mol. The van der Waals surface area contributed by atoms with Gasteiger partial charge in [0.25, 0.3) is 0 Å². The van der Waals surface area contributed by atoms with Gasteiger partial charge in [0.15, 0.2) is 11.5 Å². The van der Waals surface area contributed by atoms with Crippen LogP contribution in [0.25, 0.3) is 0 Å². The molecular weight excluding hydrogens is 298 g/mol. The van der Waals surface area contributed by atoms with Crippen molar-refractivity contribution < 1.29 is 14.3 Å². The highest BCUT2D eigenvalue weighted by atomic mass is 32.2. The summed E-state index contributed by atoms with van der Waals surface area (Å²) in [6, 6.07) is 6.08. The minimum absolute atomic E-state index is 0.117. The molecule has 1 aromatic carbocycles. The van der Waals surface area contributed by atoms with Crippen LogP contribution in [-0.4, -0.2) is 31.9 Å². The zero-order valence-electron chi connectivity index (χ0n) is 13.4. The molecule has 1 aliphatic carbocycles. The van der Waals surface area contributed by atoms with Crippen molar-refractivity contribution in [1.29, 1.82) is 0 Å². The Morgan fingerprint density at radius 2 is 1.82 bits per heavy atom. The second-order valence-electron chi connectivity index (χ2n) is 5.56. The molecule has 1 fully saturated rings. The zero-order chi connectivity index (χ0) is 15.8. The molecule has 1 amide bonds. The number of hydrogen-bond donors (Lipinski definition) is 1. The van der Waals surface area contributed by atoms with Gasteiger partial charge >= 0.3 is 0 Å². The summed E-state index contributed by atoms with van der Waals surface area (Å²) in [6.45, 7) is 0. The second-order valence-corrected chi connectivity index (χ2v) is 6.61. The Bertz CT molecular complexity index is 485. The fraction of sp³-hybridized carbons (Fsp3) is 0.588. The molecule has 5 heteroatoms. The number of nitrogens with one attached hydrogen (secondary N) is 1. The van der Waals surface area contributed by atoms with Gasteiger partial charge in [0, 0.05) is 10.9 Å². The quantitative estimate of drug-likeness (QED) is 0.641. The van der Waals surface area contributed by atoms with E-state index in [1.165, 1.54) is 37.4 Å². The first kappa shape index (κ1) is 17.0. The third-order valence-corrected chi connectivity index (χ3v) is 4.94. The highest BCUT2D eigenvalue weighted by Crippen LogP contribution is 2.31. The fourth-order valence-corrected chi connectivity index (χ4v) is 3.48. The van der Waals surface area contributed by atoms with Crippen molar-refractivity contribution >= 4 is 17.7 Å². The summed E-state index contributed by atoms with van der Waals surface area (Å²) in [5, 5.41) is 3.16. The molecule has 4 nitrogen and oxygen atoms in total. The van der Waals surface area contributed by atoms with E-state index in [1.807, 2.05) is 18.2 Å². The lowest BCUT2D eigenvalue weighted by atomic mass is 10.1. The van der Waals surface area contributed by atoms with Gasteiger partial charge in [-0.2, -0.15) is 0 Å². The normalized spacial score (nSPS) is 15.9. The van der Waals surface area contributed by atoms with E-state index in [9.17, 15) is 4.79 Å². The Labute approximate surface area is 137 Å². The van der Waals surface area contributed by atoms with Crippen LogP contribution in [0.2, 0.25) is 0 Å². The van der Waals surface area contributed by atoms with Gasteiger partial charge in [0.2, 0.25) is 5.91 Å². The summed E-state index contributed by atoms with van der Waals surface area (Å²) in [7, 11) is 3.23. The lowest BCUT2D eigenvalue weighted by Gasteiger charge is -2.16. The summed E-state index contributed by atoms with van der Waals surface area (Å²) in [4.78, 5) is 13.1. The van der Waals surface area contributed by atoms with Gasteiger partial charge in [-0.3, -0.25) is 4.79 Å². The van der Waals surface area contributed by atoms with E-state index in [2.05, 4.69) is 5.32 Å². The maximum atomic E-state index is 12.1. The first-order chi connectivity index (χ1) is 10.7. The lowest BCUT2D eigenvalue weighted by molar-refractivity contribution is -0.119. The van der Waals surface area contributed by atoms with Gasteiger partial charge in [0.1, 0.15) is 0 Å². The van der Waals surface area contributed by atoms with Gasteiger partial charge in [0.05, 0.1) is 20.0 Å². The molecule has 0 bridgehead atoms. The van der Waals surface area contributed by atoms with E-state index < -0.39 is 0 Å². The summed E-state index contributed by atoms with van der Waals surface area (Å²) in [5.74, 6) is 1.95. The number of benzene rings is 1. The van der Waals surface area contributed by atoms with Crippen molar-refractivity contribution in [3.05, 3.63) is 18.2 Å². The summed E-state index contributed by atoms with van der Waals surface area (Å²) in [6.07, 6.45) is 7.29. The molecule has 0 unspecified atom stereocenters. The van der Waals surface area contributed by atoms with Gasteiger partial charge in [-0.25, -0.2) is 0 Å². The number of ether oxygens (including phenoxy) is 2. The Balaban J connectivity index is 1.82. The molecule has 1 aromatic rings. The molecule has 1 aliphatic rings. The molecule has 0 spiro atoms. The van der Waals surface area contributed by atoms with Crippen LogP contribution in [-0.2, 0) is 4.79 Å². The van der Waals surface area contributed by atoms with Crippen molar-refractivity contribution in [2.45, 2.75) is 49.5 Å². The van der Waals surface area contributed by atoms with Crippen molar-refractivity contribution in [3.8, 4) is 11.5 Å². The Morgan fingerprint density at radius 3 is 2.45 bits per heavy atom. The molecule has 0 atom stereocenters. The number of thioether (sulfide) groups is 1. The third-order valence-electron chi connectivity index (χ3n) is 3.95. The summed E-state index contributed by atoms with van der Waals surface area (Å²) in [5.41, 5.74) is 0.